The van der Waals surface area contributed by atoms with Crippen molar-refractivity contribution in [3.8, 4) is 0 Å². The maximum Gasteiger partial charge on any atom is 0.0931 e. The number of hydrogen-bond donors (Lipinski definition) is 1. The van der Waals surface area contributed by atoms with E-state index in [0.717, 1.165) is 16.8 Å². The van der Waals surface area contributed by atoms with Crippen LogP contribution in [0.2, 0.25) is 4.34 Å². The van der Waals surface area contributed by atoms with E-state index in [1.165, 1.54) is 28.8 Å². The topological polar surface area (TPSA) is 12.0 Å². The summed E-state index contributed by atoms with van der Waals surface area (Å²) in [5.74, 6) is 0.804. The lowest BCUT2D eigenvalue weighted by molar-refractivity contribution is 0.482. The molecule has 1 heterocycles. The Kier molecular flexibility index (Phi) is 3.92. The third kappa shape index (κ3) is 3.38. The van der Waals surface area contributed by atoms with Crippen LogP contribution in [0.4, 0.5) is 0 Å². The van der Waals surface area contributed by atoms with E-state index in [2.05, 4.69) is 42.6 Å². The first-order valence-corrected chi connectivity index (χ1v) is 7.96. The molecule has 0 saturated heterocycles. The number of hydrogen-bond acceptors (Lipinski definition) is 2. The predicted molar refractivity (Wildman–Crippen MR) is 82.8 cm³/mol. The first kappa shape index (κ1) is 13.2. The molecule has 0 aliphatic heterocycles. The third-order valence-corrected chi connectivity index (χ3v) is 4.89. The Labute approximate surface area is 123 Å². The molecule has 1 nitrogen and oxygen atoms in total. The summed E-state index contributed by atoms with van der Waals surface area (Å²) >= 11 is 7.64. The van der Waals surface area contributed by atoms with Crippen molar-refractivity contribution in [2.45, 2.75) is 32.4 Å². The molecule has 0 spiro atoms. The molecule has 3 rings (SSSR count). The monoisotopic (exact) mass is 291 g/mol. The van der Waals surface area contributed by atoms with Crippen LogP contribution in [0, 0.1) is 12.8 Å². The van der Waals surface area contributed by atoms with Crippen molar-refractivity contribution < 1.29 is 0 Å². The molecule has 3 heteroatoms. The number of benzene rings is 1. The van der Waals surface area contributed by atoms with Gasteiger partial charge in [-0.1, -0.05) is 41.4 Å². The van der Waals surface area contributed by atoms with Crippen LogP contribution >= 0.6 is 22.9 Å². The summed E-state index contributed by atoms with van der Waals surface area (Å²) in [5, 5.41) is 3.70. The molecule has 1 aliphatic rings. The standard InChI is InChI=1S/C16H18ClNS/c1-11-2-4-12(5-3-11)16(13-6-7-13)18-10-14-8-9-15(17)19-14/h2-5,8-9,13,16,18H,6-7,10H2,1H3. The van der Waals surface area contributed by atoms with Crippen molar-refractivity contribution in [2.75, 3.05) is 0 Å². The normalized spacial score (nSPS) is 16.5. The molecular weight excluding hydrogens is 274 g/mol. The maximum absolute atomic E-state index is 5.98. The Balaban J connectivity index is 1.69. The van der Waals surface area contributed by atoms with E-state index in [0.29, 0.717) is 6.04 Å². The minimum absolute atomic E-state index is 0.487. The number of halogens is 1. The molecule has 19 heavy (non-hydrogen) atoms. The highest BCUT2D eigenvalue weighted by molar-refractivity contribution is 7.16. The van der Waals surface area contributed by atoms with Gasteiger partial charge in [0.25, 0.3) is 0 Å². The first-order chi connectivity index (χ1) is 9.22. The van der Waals surface area contributed by atoms with Crippen molar-refractivity contribution >= 4 is 22.9 Å². The van der Waals surface area contributed by atoms with Crippen LogP contribution in [0.1, 0.15) is 34.9 Å². The van der Waals surface area contributed by atoms with Crippen molar-refractivity contribution in [1.82, 2.24) is 5.32 Å². The Morgan fingerprint density at radius 3 is 2.53 bits per heavy atom. The van der Waals surface area contributed by atoms with Crippen LogP contribution in [0.3, 0.4) is 0 Å². The van der Waals surface area contributed by atoms with Crippen LogP contribution in [-0.4, -0.2) is 0 Å². The van der Waals surface area contributed by atoms with Gasteiger partial charge in [0.2, 0.25) is 0 Å². The summed E-state index contributed by atoms with van der Waals surface area (Å²) < 4.78 is 0.870. The Morgan fingerprint density at radius 1 is 1.21 bits per heavy atom. The van der Waals surface area contributed by atoms with Crippen LogP contribution in [0.25, 0.3) is 0 Å². The van der Waals surface area contributed by atoms with E-state index in [1.54, 1.807) is 11.3 Å². The van der Waals surface area contributed by atoms with E-state index in [1.807, 2.05) is 6.07 Å². The predicted octanol–water partition coefficient (Wildman–Crippen LogP) is 4.95. The van der Waals surface area contributed by atoms with Gasteiger partial charge in [-0.3, -0.25) is 0 Å². The molecule has 1 aliphatic carbocycles. The van der Waals surface area contributed by atoms with Crippen molar-refractivity contribution in [1.29, 1.82) is 0 Å². The fourth-order valence-electron chi connectivity index (χ4n) is 2.42. The number of rotatable bonds is 5. The van der Waals surface area contributed by atoms with Gasteiger partial charge < -0.3 is 5.32 Å². The number of aryl methyl sites for hydroxylation is 1. The quantitative estimate of drug-likeness (QED) is 0.822. The minimum Gasteiger partial charge on any atom is -0.305 e. The van der Waals surface area contributed by atoms with Crippen LogP contribution in [-0.2, 0) is 6.54 Å². The molecule has 0 amide bonds. The maximum atomic E-state index is 5.98. The van der Waals surface area contributed by atoms with Crippen LogP contribution in [0.15, 0.2) is 36.4 Å². The molecule has 1 fully saturated rings. The fraction of sp³-hybridized carbons (Fsp3) is 0.375. The fourth-order valence-corrected chi connectivity index (χ4v) is 3.46. The molecule has 1 aromatic heterocycles. The van der Waals surface area contributed by atoms with Gasteiger partial charge in [0.05, 0.1) is 4.34 Å². The summed E-state index contributed by atoms with van der Waals surface area (Å²) in [4.78, 5) is 1.31. The lowest BCUT2D eigenvalue weighted by Gasteiger charge is -2.18. The highest BCUT2D eigenvalue weighted by Gasteiger charge is 2.31. The highest BCUT2D eigenvalue weighted by Crippen LogP contribution is 2.41. The zero-order valence-electron chi connectivity index (χ0n) is 11.0. The van der Waals surface area contributed by atoms with Crippen molar-refractivity contribution in [3.05, 3.63) is 56.7 Å². The van der Waals surface area contributed by atoms with E-state index in [-0.39, 0.29) is 0 Å². The van der Waals surface area contributed by atoms with E-state index >= 15 is 0 Å². The second-order valence-corrected chi connectivity index (χ2v) is 7.11. The molecule has 1 unspecified atom stereocenters. The lowest BCUT2D eigenvalue weighted by Crippen LogP contribution is -2.22. The van der Waals surface area contributed by atoms with E-state index < -0.39 is 0 Å². The van der Waals surface area contributed by atoms with Crippen LogP contribution < -0.4 is 5.32 Å². The Bertz CT molecular complexity index is 542. The number of nitrogens with one attached hydrogen (secondary N) is 1. The zero-order valence-corrected chi connectivity index (χ0v) is 12.6. The molecule has 1 N–H and O–H groups in total. The highest BCUT2D eigenvalue weighted by atomic mass is 35.5. The zero-order chi connectivity index (χ0) is 13.2. The summed E-state index contributed by atoms with van der Waals surface area (Å²) in [7, 11) is 0. The molecule has 0 radical (unpaired) electrons. The molecular formula is C16H18ClNS. The minimum atomic E-state index is 0.487. The summed E-state index contributed by atoms with van der Waals surface area (Å²) in [5.41, 5.74) is 2.74. The molecule has 1 saturated carbocycles. The summed E-state index contributed by atoms with van der Waals surface area (Å²) in [6.07, 6.45) is 2.69. The largest absolute Gasteiger partial charge is 0.305 e. The van der Waals surface area contributed by atoms with Gasteiger partial charge in [0.15, 0.2) is 0 Å². The average Bonchev–Trinajstić information content (AvgIpc) is 3.15. The van der Waals surface area contributed by atoms with E-state index in [4.69, 9.17) is 11.6 Å². The van der Waals surface area contributed by atoms with Gasteiger partial charge in [-0.25, -0.2) is 0 Å². The van der Waals surface area contributed by atoms with Gasteiger partial charge in [-0.2, -0.15) is 0 Å². The first-order valence-electron chi connectivity index (χ1n) is 6.76. The van der Waals surface area contributed by atoms with Gasteiger partial charge in [-0.05, 0) is 43.4 Å². The lowest BCUT2D eigenvalue weighted by atomic mass is 10.0. The van der Waals surface area contributed by atoms with Crippen molar-refractivity contribution in [3.63, 3.8) is 0 Å². The Hall–Kier alpha value is -0.830. The average molecular weight is 292 g/mol. The third-order valence-electron chi connectivity index (χ3n) is 3.65. The van der Waals surface area contributed by atoms with Crippen molar-refractivity contribution in [2.24, 2.45) is 5.92 Å². The molecule has 0 bridgehead atoms. The second kappa shape index (κ2) is 5.66. The summed E-state index contributed by atoms with van der Waals surface area (Å²) in [6, 6.07) is 13.5. The van der Waals surface area contributed by atoms with Gasteiger partial charge in [0, 0.05) is 17.5 Å². The van der Waals surface area contributed by atoms with E-state index in [9.17, 15) is 0 Å². The van der Waals surface area contributed by atoms with Gasteiger partial charge >= 0.3 is 0 Å². The smallest absolute Gasteiger partial charge is 0.0931 e. The molecule has 100 valence electrons. The summed E-state index contributed by atoms with van der Waals surface area (Å²) in [6.45, 7) is 3.05. The second-order valence-electron chi connectivity index (χ2n) is 5.31. The molecule has 2 aromatic rings. The molecule has 1 aromatic carbocycles. The van der Waals surface area contributed by atoms with Gasteiger partial charge in [0.1, 0.15) is 0 Å². The van der Waals surface area contributed by atoms with Gasteiger partial charge in [-0.15, -0.1) is 11.3 Å². The van der Waals surface area contributed by atoms with Crippen LogP contribution in [0.5, 0.6) is 0 Å². The number of thiophene rings is 1. The SMILES string of the molecule is Cc1ccc(C(NCc2ccc(Cl)s2)C2CC2)cc1. The molecule has 1 atom stereocenters. The Morgan fingerprint density at radius 2 is 1.95 bits per heavy atom.